The second kappa shape index (κ2) is 4.30. The quantitative estimate of drug-likeness (QED) is 0.784. The molecule has 0 saturated carbocycles. The van der Waals surface area contributed by atoms with Gasteiger partial charge in [0, 0.05) is 5.38 Å². The minimum atomic E-state index is 0.533. The Hall–Kier alpha value is -2.08. The molecule has 2 aromatic heterocycles. The van der Waals surface area contributed by atoms with E-state index in [1.165, 1.54) is 11.3 Å². The molecule has 0 bridgehead atoms. The van der Waals surface area contributed by atoms with Crippen molar-refractivity contribution in [2.75, 3.05) is 12.8 Å². The van der Waals surface area contributed by atoms with E-state index >= 15 is 0 Å². The Morgan fingerprint density at radius 2 is 2.28 bits per heavy atom. The average Bonchev–Trinajstić information content (AvgIpc) is 2.94. The molecule has 18 heavy (non-hydrogen) atoms. The van der Waals surface area contributed by atoms with E-state index in [1.807, 2.05) is 23.6 Å². The summed E-state index contributed by atoms with van der Waals surface area (Å²) in [6.45, 7) is 0. The summed E-state index contributed by atoms with van der Waals surface area (Å²) in [6.07, 6.45) is 0.533. The lowest BCUT2D eigenvalue weighted by Gasteiger charge is -1.96. The number of nitrogens with two attached hydrogens (primary N) is 1. The number of benzene rings is 1. The van der Waals surface area contributed by atoms with E-state index in [0.29, 0.717) is 28.8 Å². The van der Waals surface area contributed by atoms with Crippen molar-refractivity contribution in [1.82, 2.24) is 9.97 Å². The molecule has 0 radical (unpaired) electrons. The normalized spacial score (nSPS) is 10.9. The molecule has 3 rings (SSSR count). The predicted molar refractivity (Wildman–Crippen MR) is 69.9 cm³/mol. The molecule has 1 aromatic carbocycles. The average molecular weight is 261 g/mol. The second-order valence-electron chi connectivity index (χ2n) is 3.77. The van der Waals surface area contributed by atoms with Crippen LogP contribution >= 0.6 is 11.3 Å². The molecule has 0 amide bonds. The number of hydrogen-bond donors (Lipinski definition) is 1. The fourth-order valence-corrected chi connectivity index (χ4v) is 2.33. The van der Waals surface area contributed by atoms with Crippen LogP contribution in [0.3, 0.4) is 0 Å². The van der Waals surface area contributed by atoms with Crippen molar-refractivity contribution in [2.24, 2.45) is 0 Å². The van der Waals surface area contributed by atoms with Gasteiger partial charge in [0.15, 0.2) is 16.2 Å². The Bertz CT molecular complexity index is 690. The first-order valence-corrected chi connectivity index (χ1v) is 6.26. The van der Waals surface area contributed by atoms with Crippen LogP contribution in [-0.4, -0.2) is 17.1 Å². The van der Waals surface area contributed by atoms with Crippen LogP contribution in [0.5, 0.6) is 5.75 Å². The zero-order valence-electron chi connectivity index (χ0n) is 9.71. The number of aromatic nitrogens is 2. The molecule has 0 fully saturated rings. The van der Waals surface area contributed by atoms with Gasteiger partial charge in [-0.1, -0.05) is 6.07 Å². The molecule has 92 valence electrons. The lowest BCUT2D eigenvalue weighted by molar-refractivity contribution is 0.419. The molecule has 2 heterocycles. The molecule has 3 aromatic rings. The van der Waals surface area contributed by atoms with Crippen molar-refractivity contribution in [3.05, 3.63) is 35.2 Å². The number of nitrogen functional groups attached to an aromatic ring is 1. The molecular weight excluding hydrogens is 250 g/mol. The molecule has 0 aliphatic carbocycles. The molecule has 0 unspecified atom stereocenters. The fraction of sp³-hybridized carbons (Fsp3) is 0.167. The molecule has 0 atom stereocenters. The first-order chi connectivity index (χ1) is 8.76. The first-order valence-electron chi connectivity index (χ1n) is 5.38. The van der Waals surface area contributed by atoms with Gasteiger partial charge in [-0.25, -0.2) is 9.97 Å². The van der Waals surface area contributed by atoms with E-state index in [2.05, 4.69) is 9.97 Å². The Morgan fingerprint density at radius 3 is 3.00 bits per heavy atom. The smallest absolute Gasteiger partial charge is 0.201 e. The highest BCUT2D eigenvalue weighted by Crippen LogP contribution is 2.26. The number of nitrogens with zero attached hydrogens (tertiary/aromatic N) is 2. The van der Waals surface area contributed by atoms with Gasteiger partial charge < -0.3 is 14.9 Å². The number of rotatable bonds is 3. The van der Waals surface area contributed by atoms with Crippen molar-refractivity contribution in [3.8, 4) is 5.75 Å². The van der Waals surface area contributed by atoms with Gasteiger partial charge in [0.25, 0.3) is 0 Å². The number of anilines is 1. The van der Waals surface area contributed by atoms with Gasteiger partial charge in [0.2, 0.25) is 5.89 Å². The molecule has 0 saturated heterocycles. The topological polar surface area (TPSA) is 74.2 Å². The largest absolute Gasteiger partial charge is 0.494 e. The third-order valence-corrected chi connectivity index (χ3v) is 3.27. The maximum atomic E-state index is 5.66. The maximum absolute atomic E-state index is 5.66. The van der Waals surface area contributed by atoms with Crippen LogP contribution in [0.25, 0.3) is 11.1 Å². The van der Waals surface area contributed by atoms with Crippen molar-refractivity contribution in [2.45, 2.75) is 6.42 Å². The summed E-state index contributed by atoms with van der Waals surface area (Å²) in [7, 11) is 1.62. The van der Waals surface area contributed by atoms with Crippen LogP contribution in [0.1, 0.15) is 11.6 Å². The highest BCUT2D eigenvalue weighted by Gasteiger charge is 2.11. The van der Waals surface area contributed by atoms with E-state index < -0.39 is 0 Å². The van der Waals surface area contributed by atoms with Crippen LogP contribution in [0, 0.1) is 0 Å². The van der Waals surface area contributed by atoms with Crippen molar-refractivity contribution >= 4 is 27.6 Å². The van der Waals surface area contributed by atoms with Gasteiger partial charge in [0.05, 0.1) is 19.2 Å². The summed E-state index contributed by atoms with van der Waals surface area (Å²) in [4.78, 5) is 8.60. The summed E-state index contributed by atoms with van der Waals surface area (Å²) < 4.78 is 10.9. The van der Waals surface area contributed by atoms with E-state index in [4.69, 9.17) is 14.9 Å². The molecule has 0 aliphatic rings. The molecule has 5 nitrogen and oxygen atoms in total. The van der Waals surface area contributed by atoms with E-state index in [1.54, 1.807) is 7.11 Å². The third kappa shape index (κ3) is 1.91. The zero-order chi connectivity index (χ0) is 12.5. The standard InChI is InChI=1S/C12H11N3O2S/c1-16-8-3-2-4-9-11(8)15-10(17-9)5-7-6-18-12(13)14-7/h2-4,6H,5H2,1H3,(H2,13,14). The van der Waals surface area contributed by atoms with Gasteiger partial charge in [-0.15, -0.1) is 11.3 Å². The van der Waals surface area contributed by atoms with Gasteiger partial charge in [0.1, 0.15) is 5.75 Å². The maximum Gasteiger partial charge on any atom is 0.201 e. The van der Waals surface area contributed by atoms with Gasteiger partial charge in [-0.05, 0) is 12.1 Å². The number of fused-ring (bicyclic) bond motifs is 1. The Morgan fingerprint density at radius 1 is 1.39 bits per heavy atom. The monoisotopic (exact) mass is 261 g/mol. The summed E-state index contributed by atoms with van der Waals surface area (Å²) in [6, 6.07) is 5.59. The number of thiazole rings is 1. The van der Waals surface area contributed by atoms with E-state index in [9.17, 15) is 0 Å². The lowest BCUT2D eigenvalue weighted by atomic mass is 10.3. The fourth-order valence-electron chi connectivity index (χ4n) is 1.77. The molecule has 0 spiro atoms. The summed E-state index contributed by atoms with van der Waals surface area (Å²) in [5.41, 5.74) is 7.90. The predicted octanol–water partition coefficient (Wildman–Crippen LogP) is 2.47. The Balaban J connectivity index is 1.98. The number of ether oxygens (including phenoxy) is 1. The van der Waals surface area contributed by atoms with Crippen LogP contribution in [0.2, 0.25) is 0 Å². The second-order valence-corrected chi connectivity index (χ2v) is 4.66. The minimum Gasteiger partial charge on any atom is -0.494 e. The summed E-state index contributed by atoms with van der Waals surface area (Å²) >= 11 is 1.41. The molecular formula is C12H11N3O2S. The Labute approximate surface area is 107 Å². The summed E-state index contributed by atoms with van der Waals surface area (Å²) in [5.74, 6) is 1.32. The van der Waals surface area contributed by atoms with Crippen LogP contribution < -0.4 is 10.5 Å². The van der Waals surface area contributed by atoms with Gasteiger partial charge in [-0.2, -0.15) is 0 Å². The Kier molecular flexibility index (Phi) is 2.64. The number of methoxy groups -OCH3 is 1. The van der Waals surface area contributed by atoms with E-state index in [0.717, 1.165) is 11.2 Å². The van der Waals surface area contributed by atoms with Crippen LogP contribution in [0.15, 0.2) is 28.0 Å². The zero-order valence-corrected chi connectivity index (χ0v) is 10.5. The summed E-state index contributed by atoms with van der Waals surface area (Å²) in [5, 5.41) is 2.46. The number of oxazole rings is 1. The van der Waals surface area contributed by atoms with E-state index in [-0.39, 0.29) is 0 Å². The van der Waals surface area contributed by atoms with Crippen molar-refractivity contribution in [3.63, 3.8) is 0 Å². The van der Waals surface area contributed by atoms with Gasteiger partial charge in [-0.3, -0.25) is 0 Å². The molecule has 2 N–H and O–H groups in total. The minimum absolute atomic E-state index is 0.533. The SMILES string of the molecule is COc1cccc2oc(Cc3csc(N)n3)nc12. The van der Waals surface area contributed by atoms with Crippen LogP contribution in [0.4, 0.5) is 5.13 Å². The van der Waals surface area contributed by atoms with Crippen molar-refractivity contribution < 1.29 is 9.15 Å². The lowest BCUT2D eigenvalue weighted by Crippen LogP contribution is -1.90. The first kappa shape index (κ1) is 11.0. The molecule has 0 aliphatic heterocycles. The third-order valence-electron chi connectivity index (χ3n) is 2.55. The number of hydrogen-bond acceptors (Lipinski definition) is 6. The number of para-hydroxylation sites is 1. The highest BCUT2D eigenvalue weighted by molar-refractivity contribution is 7.13. The highest BCUT2D eigenvalue weighted by atomic mass is 32.1. The van der Waals surface area contributed by atoms with Gasteiger partial charge >= 0.3 is 0 Å². The molecule has 6 heteroatoms. The van der Waals surface area contributed by atoms with Crippen LogP contribution in [-0.2, 0) is 6.42 Å². The van der Waals surface area contributed by atoms with Crippen molar-refractivity contribution in [1.29, 1.82) is 0 Å².